The summed E-state index contributed by atoms with van der Waals surface area (Å²) in [6.07, 6.45) is 1.16. The van der Waals surface area contributed by atoms with Gasteiger partial charge in [-0.05, 0) is 25.2 Å². The van der Waals surface area contributed by atoms with Crippen LogP contribution >= 0.6 is 0 Å². The van der Waals surface area contributed by atoms with E-state index in [4.69, 9.17) is 10.3 Å². The summed E-state index contributed by atoms with van der Waals surface area (Å²) < 4.78 is 5.12. The average molecular weight is 194 g/mol. The van der Waals surface area contributed by atoms with Crippen LogP contribution in [0.1, 0.15) is 31.7 Å². The lowest BCUT2D eigenvalue weighted by Crippen LogP contribution is -2.24. The maximum absolute atomic E-state index is 5.86. The fourth-order valence-electron chi connectivity index (χ4n) is 2.44. The van der Waals surface area contributed by atoms with Gasteiger partial charge in [0.25, 0.3) is 0 Å². The fourth-order valence-corrected chi connectivity index (χ4v) is 2.44. The Bertz CT molecular complexity index is 332. The molecule has 2 N–H and O–H groups in total. The van der Waals surface area contributed by atoms with Gasteiger partial charge in [0, 0.05) is 18.0 Å². The molecule has 2 atom stereocenters. The van der Waals surface area contributed by atoms with Crippen LogP contribution in [0.25, 0.3) is 0 Å². The molecule has 2 rings (SSSR count). The monoisotopic (exact) mass is 194 g/mol. The molecular weight excluding hydrogens is 176 g/mol. The Hall–Kier alpha value is -0.830. The molecular formula is C11H18N2O. The average Bonchev–Trinajstić information content (AvgIpc) is 2.76. The Labute approximate surface area is 84.7 Å². The molecule has 0 aromatic carbocycles. The molecule has 1 fully saturated rings. The maximum atomic E-state index is 5.86. The first-order chi connectivity index (χ1) is 6.60. The molecule has 1 heterocycles. The lowest BCUT2D eigenvalue weighted by atomic mass is 9.94. The van der Waals surface area contributed by atoms with E-state index in [9.17, 15) is 0 Å². The third kappa shape index (κ3) is 1.27. The fraction of sp³-hybridized carbons (Fsp3) is 0.727. The van der Waals surface area contributed by atoms with Crippen molar-refractivity contribution in [2.75, 3.05) is 6.54 Å². The molecule has 0 amide bonds. The molecule has 3 nitrogen and oxygen atoms in total. The summed E-state index contributed by atoms with van der Waals surface area (Å²) in [6.45, 7) is 7.10. The number of nitrogens with two attached hydrogens (primary N) is 1. The van der Waals surface area contributed by atoms with Gasteiger partial charge in [-0.25, -0.2) is 0 Å². The second-order valence-electron chi connectivity index (χ2n) is 4.74. The number of nitrogens with zero attached hydrogens (tertiary/aromatic N) is 1. The van der Waals surface area contributed by atoms with Gasteiger partial charge in [-0.1, -0.05) is 19.0 Å². The van der Waals surface area contributed by atoms with E-state index in [1.807, 2.05) is 13.0 Å². The van der Waals surface area contributed by atoms with Crippen LogP contribution in [0.4, 0.5) is 0 Å². The first-order valence-corrected chi connectivity index (χ1v) is 5.24. The highest BCUT2D eigenvalue weighted by Crippen LogP contribution is 2.56. The van der Waals surface area contributed by atoms with Crippen LogP contribution in [-0.2, 0) is 5.41 Å². The van der Waals surface area contributed by atoms with Crippen LogP contribution in [0, 0.1) is 18.8 Å². The van der Waals surface area contributed by atoms with Gasteiger partial charge in [-0.15, -0.1) is 0 Å². The second-order valence-corrected chi connectivity index (χ2v) is 4.74. The highest BCUT2D eigenvalue weighted by Gasteiger charge is 2.57. The third-order valence-corrected chi connectivity index (χ3v) is 3.44. The molecule has 1 aliphatic carbocycles. The van der Waals surface area contributed by atoms with Crippen molar-refractivity contribution in [2.45, 2.75) is 32.6 Å². The molecule has 14 heavy (non-hydrogen) atoms. The normalized spacial score (nSPS) is 31.1. The summed E-state index contributed by atoms with van der Waals surface area (Å²) in [5.41, 5.74) is 7.03. The van der Waals surface area contributed by atoms with Gasteiger partial charge >= 0.3 is 0 Å². The predicted octanol–water partition coefficient (Wildman–Crippen LogP) is 1.86. The zero-order chi connectivity index (χ0) is 10.3. The van der Waals surface area contributed by atoms with E-state index >= 15 is 0 Å². The summed E-state index contributed by atoms with van der Waals surface area (Å²) in [5, 5.41) is 4.10. The van der Waals surface area contributed by atoms with Gasteiger partial charge in [0.2, 0.25) is 0 Å². The molecule has 78 valence electrons. The van der Waals surface area contributed by atoms with E-state index in [1.54, 1.807) is 0 Å². The number of hydrogen-bond donors (Lipinski definition) is 1. The largest absolute Gasteiger partial charge is 0.361 e. The van der Waals surface area contributed by atoms with Gasteiger partial charge in [0.05, 0.1) is 5.69 Å². The van der Waals surface area contributed by atoms with E-state index in [0.717, 1.165) is 17.9 Å². The van der Waals surface area contributed by atoms with Crippen molar-refractivity contribution >= 4 is 0 Å². The van der Waals surface area contributed by atoms with Gasteiger partial charge in [0.15, 0.2) is 0 Å². The van der Waals surface area contributed by atoms with Crippen molar-refractivity contribution < 1.29 is 4.52 Å². The molecule has 1 saturated carbocycles. The lowest BCUT2D eigenvalue weighted by molar-refractivity contribution is 0.375. The van der Waals surface area contributed by atoms with Crippen LogP contribution in [-0.4, -0.2) is 11.7 Å². The number of rotatable bonds is 3. The van der Waals surface area contributed by atoms with E-state index < -0.39 is 0 Å². The van der Waals surface area contributed by atoms with E-state index in [1.165, 1.54) is 0 Å². The zero-order valence-electron chi connectivity index (χ0n) is 9.08. The molecule has 1 aromatic rings. The standard InChI is InChI=1S/C11H18N2O/c1-7(2)9-5-11(9,6-12)10-4-8(3)14-13-10/h4,7,9H,5-6,12H2,1-3H3. The van der Waals surface area contributed by atoms with Gasteiger partial charge in [-0.2, -0.15) is 0 Å². The van der Waals surface area contributed by atoms with Crippen molar-refractivity contribution in [2.24, 2.45) is 17.6 Å². The molecule has 0 bridgehead atoms. The Kier molecular flexibility index (Phi) is 2.14. The number of aromatic nitrogens is 1. The van der Waals surface area contributed by atoms with E-state index in [2.05, 4.69) is 19.0 Å². The van der Waals surface area contributed by atoms with Crippen molar-refractivity contribution in [3.8, 4) is 0 Å². The highest BCUT2D eigenvalue weighted by molar-refractivity contribution is 5.29. The first kappa shape index (κ1) is 9.71. The summed E-state index contributed by atoms with van der Waals surface area (Å²) in [7, 11) is 0. The first-order valence-electron chi connectivity index (χ1n) is 5.24. The van der Waals surface area contributed by atoms with Crippen LogP contribution in [0.5, 0.6) is 0 Å². The zero-order valence-corrected chi connectivity index (χ0v) is 9.08. The third-order valence-electron chi connectivity index (χ3n) is 3.44. The van der Waals surface area contributed by atoms with Crippen molar-refractivity contribution in [1.82, 2.24) is 5.16 Å². The summed E-state index contributed by atoms with van der Waals surface area (Å²) in [5.74, 6) is 2.23. The summed E-state index contributed by atoms with van der Waals surface area (Å²) >= 11 is 0. The smallest absolute Gasteiger partial charge is 0.133 e. The minimum Gasteiger partial charge on any atom is -0.361 e. The molecule has 0 aliphatic heterocycles. The second kappa shape index (κ2) is 3.09. The van der Waals surface area contributed by atoms with Gasteiger partial charge < -0.3 is 10.3 Å². The Morgan fingerprint density at radius 3 is 2.79 bits per heavy atom. The highest BCUT2D eigenvalue weighted by atomic mass is 16.5. The topological polar surface area (TPSA) is 52.0 Å². The Balaban J connectivity index is 2.24. The Morgan fingerprint density at radius 2 is 2.43 bits per heavy atom. The lowest BCUT2D eigenvalue weighted by Gasteiger charge is -2.13. The SMILES string of the molecule is Cc1cc(C2(CN)CC2C(C)C)no1. The van der Waals surface area contributed by atoms with Crippen molar-refractivity contribution in [3.05, 3.63) is 17.5 Å². The van der Waals surface area contributed by atoms with Crippen molar-refractivity contribution in [1.29, 1.82) is 0 Å². The number of hydrogen-bond acceptors (Lipinski definition) is 3. The van der Waals surface area contributed by atoms with Gasteiger partial charge in [-0.3, -0.25) is 0 Å². The molecule has 1 aromatic heterocycles. The minimum atomic E-state index is 0.117. The van der Waals surface area contributed by atoms with Crippen LogP contribution < -0.4 is 5.73 Å². The molecule has 1 aliphatic rings. The molecule has 0 saturated heterocycles. The van der Waals surface area contributed by atoms with Gasteiger partial charge in [0.1, 0.15) is 5.76 Å². The van der Waals surface area contributed by atoms with Crippen molar-refractivity contribution in [3.63, 3.8) is 0 Å². The maximum Gasteiger partial charge on any atom is 0.133 e. The summed E-state index contributed by atoms with van der Waals surface area (Å²) in [4.78, 5) is 0. The summed E-state index contributed by atoms with van der Waals surface area (Å²) in [6, 6.07) is 2.02. The van der Waals surface area contributed by atoms with E-state index in [-0.39, 0.29) is 5.41 Å². The van der Waals surface area contributed by atoms with Crippen LogP contribution in [0.3, 0.4) is 0 Å². The molecule has 2 unspecified atom stereocenters. The number of aryl methyl sites for hydroxylation is 1. The molecule has 0 radical (unpaired) electrons. The van der Waals surface area contributed by atoms with E-state index in [0.29, 0.717) is 18.4 Å². The van der Waals surface area contributed by atoms with Crippen LogP contribution in [0.2, 0.25) is 0 Å². The molecule has 0 spiro atoms. The quantitative estimate of drug-likeness (QED) is 0.799. The molecule has 3 heteroatoms. The van der Waals surface area contributed by atoms with Crippen LogP contribution in [0.15, 0.2) is 10.6 Å². The Morgan fingerprint density at radius 1 is 1.71 bits per heavy atom. The predicted molar refractivity (Wildman–Crippen MR) is 54.9 cm³/mol. The minimum absolute atomic E-state index is 0.117.